The second-order valence-corrected chi connectivity index (χ2v) is 8.38. The highest BCUT2D eigenvalue weighted by Crippen LogP contribution is 2.34. The van der Waals surface area contributed by atoms with Crippen molar-refractivity contribution in [1.82, 2.24) is 14.8 Å². The van der Waals surface area contributed by atoms with Crippen molar-refractivity contribution < 1.29 is 18.9 Å². The van der Waals surface area contributed by atoms with Gasteiger partial charge in [-0.15, -0.1) is 10.2 Å². The lowest BCUT2D eigenvalue weighted by molar-refractivity contribution is 0.189. The van der Waals surface area contributed by atoms with Crippen molar-refractivity contribution >= 4 is 11.8 Å². The first kappa shape index (κ1) is 23.9. The van der Waals surface area contributed by atoms with Crippen LogP contribution < -0.4 is 14.2 Å². The van der Waals surface area contributed by atoms with Gasteiger partial charge >= 0.3 is 0 Å². The van der Waals surface area contributed by atoms with E-state index in [-0.39, 0.29) is 6.10 Å². The molecule has 3 rings (SSSR count). The Morgan fingerprint density at radius 1 is 0.938 bits per heavy atom. The Morgan fingerprint density at radius 2 is 1.72 bits per heavy atom. The summed E-state index contributed by atoms with van der Waals surface area (Å²) in [6.45, 7) is 5.48. The van der Waals surface area contributed by atoms with Crippen LogP contribution in [0.4, 0.5) is 0 Å². The molecule has 0 unspecified atom stereocenters. The van der Waals surface area contributed by atoms with Gasteiger partial charge in [0.15, 0.2) is 22.5 Å². The highest BCUT2D eigenvalue weighted by Gasteiger charge is 2.17. The maximum absolute atomic E-state index is 5.97. The Bertz CT molecular complexity index is 1010. The normalized spacial score (nSPS) is 11.1. The van der Waals surface area contributed by atoms with E-state index in [0.29, 0.717) is 18.1 Å². The van der Waals surface area contributed by atoms with Crippen LogP contribution in [0.3, 0.4) is 0 Å². The minimum Gasteiger partial charge on any atom is -0.493 e. The van der Waals surface area contributed by atoms with Gasteiger partial charge in [0.25, 0.3) is 0 Å². The fraction of sp³-hybridized carbons (Fsp3) is 0.417. The topological polar surface area (TPSA) is 67.6 Å². The van der Waals surface area contributed by atoms with Gasteiger partial charge in [0, 0.05) is 37.1 Å². The molecule has 0 saturated heterocycles. The molecule has 32 heavy (non-hydrogen) atoms. The van der Waals surface area contributed by atoms with Gasteiger partial charge < -0.3 is 23.5 Å². The molecule has 1 heterocycles. The van der Waals surface area contributed by atoms with Crippen molar-refractivity contribution in [3.63, 3.8) is 0 Å². The summed E-state index contributed by atoms with van der Waals surface area (Å²) in [5.41, 5.74) is 2.05. The first-order chi connectivity index (χ1) is 15.6. The number of ether oxygens (including phenoxy) is 4. The third kappa shape index (κ3) is 5.95. The van der Waals surface area contributed by atoms with E-state index < -0.39 is 0 Å². The number of methoxy groups -OCH3 is 3. The largest absolute Gasteiger partial charge is 0.493 e. The molecule has 2 aromatic carbocycles. The van der Waals surface area contributed by atoms with E-state index in [4.69, 9.17) is 18.9 Å². The zero-order valence-electron chi connectivity index (χ0n) is 19.3. The van der Waals surface area contributed by atoms with Gasteiger partial charge in [-0.3, -0.25) is 0 Å². The molecule has 0 radical (unpaired) electrons. The standard InChI is InChI=1S/C24H31N3O4S/c1-17(2)31-20-10-7-6-9-19(20)16-32-24-26-25-23(27(24)13-8-14-28-3)18-11-12-21(29-4)22(15-18)30-5/h6-7,9-12,15,17H,8,13-14,16H2,1-5H3. The zero-order valence-corrected chi connectivity index (χ0v) is 20.1. The zero-order chi connectivity index (χ0) is 22.9. The third-order valence-electron chi connectivity index (χ3n) is 4.78. The van der Waals surface area contributed by atoms with Crippen LogP contribution in [-0.2, 0) is 17.0 Å². The lowest BCUT2D eigenvalue weighted by atomic mass is 10.2. The molecule has 0 bridgehead atoms. The van der Waals surface area contributed by atoms with Crippen molar-refractivity contribution in [2.24, 2.45) is 0 Å². The van der Waals surface area contributed by atoms with Gasteiger partial charge in [-0.1, -0.05) is 30.0 Å². The van der Waals surface area contributed by atoms with Gasteiger partial charge in [-0.2, -0.15) is 0 Å². The van der Waals surface area contributed by atoms with Gasteiger partial charge in [0.1, 0.15) is 5.75 Å². The van der Waals surface area contributed by atoms with Crippen molar-refractivity contribution in [2.45, 2.75) is 43.8 Å². The number of hydrogen-bond donors (Lipinski definition) is 0. The van der Waals surface area contributed by atoms with E-state index in [1.54, 1.807) is 33.1 Å². The van der Waals surface area contributed by atoms with Crippen LogP contribution in [0, 0.1) is 0 Å². The quantitative estimate of drug-likeness (QED) is 0.278. The molecule has 0 aliphatic carbocycles. The summed E-state index contributed by atoms with van der Waals surface area (Å²) < 4.78 is 24.2. The van der Waals surface area contributed by atoms with E-state index in [1.807, 2.05) is 50.2 Å². The number of benzene rings is 2. The maximum atomic E-state index is 5.97. The molecule has 172 valence electrons. The number of rotatable bonds is 12. The van der Waals surface area contributed by atoms with Crippen molar-refractivity contribution in [1.29, 1.82) is 0 Å². The summed E-state index contributed by atoms with van der Waals surface area (Å²) in [6, 6.07) is 13.9. The number of thioether (sulfide) groups is 1. The fourth-order valence-electron chi connectivity index (χ4n) is 3.29. The summed E-state index contributed by atoms with van der Waals surface area (Å²) in [5, 5.41) is 9.85. The molecule has 8 heteroatoms. The smallest absolute Gasteiger partial charge is 0.191 e. The summed E-state index contributed by atoms with van der Waals surface area (Å²) in [4.78, 5) is 0. The second kappa shape index (κ2) is 11.8. The predicted octanol–water partition coefficient (Wildman–Crippen LogP) is 5.08. The first-order valence-corrected chi connectivity index (χ1v) is 11.6. The van der Waals surface area contributed by atoms with E-state index in [0.717, 1.165) is 46.6 Å². The Balaban J connectivity index is 1.88. The first-order valence-electron chi connectivity index (χ1n) is 10.6. The van der Waals surface area contributed by atoms with Crippen LogP contribution in [0.5, 0.6) is 17.2 Å². The minimum absolute atomic E-state index is 0.121. The third-order valence-corrected chi connectivity index (χ3v) is 5.80. The molecule has 1 aromatic heterocycles. The van der Waals surface area contributed by atoms with Crippen LogP contribution >= 0.6 is 11.8 Å². The Hall–Kier alpha value is -2.71. The average Bonchev–Trinajstić information content (AvgIpc) is 3.20. The highest BCUT2D eigenvalue weighted by atomic mass is 32.2. The molecule has 0 amide bonds. The molecular weight excluding hydrogens is 426 g/mol. The van der Waals surface area contributed by atoms with Gasteiger partial charge in [0.05, 0.1) is 20.3 Å². The van der Waals surface area contributed by atoms with Crippen LogP contribution in [0.15, 0.2) is 47.6 Å². The molecule has 0 aliphatic rings. The van der Waals surface area contributed by atoms with Crippen molar-refractivity contribution in [3.8, 4) is 28.6 Å². The average molecular weight is 458 g/mol. The molecule has 3 aromatic rings. The Labute approximate surface area is 194 Å². The molecule has 0 saturated carbocycles. The number of aromatic nitrogens is 3. The Kier molecular flexibility index (Phi) is 8.81. The minimum atomic E-state index is 0.121. The van der Waals surface area contributed by atoms with Crippen LogP contribution in [0.1, 0.15) is 25.8 Å². The van der Waals surface area contributed by atoms with E-state index in [1.165, 1.54) is 0 Å². The lowest BCUT2D eigenvalue weighted by Crippen LogP contribution is -2.07. The number of nitrogens with zero attached hydrogens (tertiary/aromatic N) is 3. The Morgan fingerprint density at radius 3 is 2.44 bits per heavy atom. The summed E-state index contributed by atoms with van der Waals surface area (Å²) in [7, 11) is 4.96. The van der Waals surface area contributed by atoms with Crippen LogP contribution in [0.25, 0.3) is 11.4 Å². The molecule has 0 atom stereocenters. The molecule has 0 N–H and O–H groups in total. The van der Waals surface area contributed by atoms with E-state index >= 15 is 0 Å². The molecule has 0 aliphatic heterocycles. The van der Waals surface area contributed by atoms with E-state index in [9.17, 15) is 0 Å². The molecular formula is C24H31N3O4S. The van der Waals surface area contributed by atoms with Crippen molar-refractivity contribution in [3.05, 3.63) is 48.0 Å². The summed E-state index contributed by atoms with van der Waals surface area (Å²) in [5.74, 6) is 3.76. The molecule has 7 nitrogen and oxygen atoms in total. The summed E-state index contributed by atoms with van der Waals surface area (Å²) in [6.07, 6.45) is 0.977. The monoisotopic (exact) mass is 457 g/mol. The second-order valence-electron chi connectivity index (χ2n) is 7.44. The van der Waals surface area contributed by atoms with E-state index in [2.05, 4.69) is 20.8 Å². The SMILES string of the molecule is COCCCn1c(SCc2ccccc2OC(C)C)nnc1-c1ccc(OC)c(OC)c1. The van der Waals surface area contributed by atoms with Gasteiger partial charge in [0.2, 0.25) is 0 Å². The predicted molar refractivity (Wildman–Crippen MR) is 127 cm³/mol. The number of para-hydroxylation sites is 1. The number of hydrogen-bond acceptors (Lipinski definition) is 7. The fourth-order valence-corrected chi connectivity index (χ4v) is 4.24. The van der Waals surface area contributed by atoms with Crippen LogP contribution in [-0.4, -0.2) is 48.8 Å². The highest BCUT2D eigenvalue weighted by molar-refractivity contribution is 7.98. The molecule has 0 fully saturated rings. The maximum Gasteiger partial charge on any atom is 0.191 e. The molecule has 0 spiro atoms. The van der Waals surface area contributed by atoms with Gasteiger partial charge in [-0.05, 0) is 44.5 Å². The summed E-state index contributed by atoms with van der Waals surface area (Å²) >= 11 is 1.65. The van der Waals surface area contributed by atoms with Crippen molar-refractivity contribution in [2.75, 3.05) is 27.9 Å². The lowest BCUT2D eigenvalue weighted by Gasteiger charge is -2.14. The van der Waals surface area contributed by atoms with Gasteiger partial charge in [-0.25, -0.2) is 0 Å². The van der Waals surface area contributed by atoms with Crippen LogP contribution in [0.2, 0.25) is 0 Å².